The Morgan fingerprint density at radius 1 is 1.27 bits per heavy atom. The number of esters is 1. The summed E-state index contributed by atoms with van der Waals surface area (Å²) in [5, 5.41) is 11.8. The minimum absolute atomic E-state index is 0.0511. The van der Waals surface area contributed by atoms with Crippen LogP contribution in [0.5, 0.6) is 5.75 Å². The van der Waals surface area contributed by atoms with Crippen molar-refractivity contribution in [2.75, 3.05) is 23.3 Å². The molecule has 2 N–H and O–H groups in total. The van der Waals surface area contributed by atoms with Gasteiger partial charge >= 0.3 is 11.9 Å². The van der Waals surface area contributed by atoms with E-state index in [-0.39, 0.29) is 23.7 Å². The summed E-state index contributed by atoms with van der Waals surface area (Å²) in [5.74, 6) is -1.62. The number of hydrogen-bond acceptors (Lipinski definition) is 5. The van der Waals surface area contributed by atoms with Gasteiger partial charge in [-0.2, -0.15) is 0 Å². The van der Waals surface area contributed by atoms with Crippen LogP contribution in [0.3, 0.4) is 0 Å². The van der Waals surface area contributed by atoms with E-state index in [1.807, 2.05) is 13.0 Å². The second-order valence-corrected chi connectivity index (χ2v) is 6.26. The molecular weight excluding hydrogens is 360 g/mol. The van der Waals surface area contributed by atoms with Crippen LogP contribution in [0.1, 0.15) is 15.9 Å². The Labute approximate surface area is 154 Å². The molecule has 134 valence electrons. The average Bonchev–Trinajstić information content (AvgIpc) is 2.55. The lowest BCUT2D eigenvalue weighted by atomic mass is 10.1. The molecule has 2 aromatic carbocycles. The minimum Gasteiger partial charge on any atom is -0.478 e. The first-order valence-electron chi connectivity index (χ1n) is 7.72. The van der Waals surface area contributed by atoms with Crippen molar-refractivity contribution in [3.05, 3.63) is 52.5 Å². The van der Waals surface area contributed by atoms with E-state index in [0.29, 0.717) is 17.1 Å². The normalized spacial score (nSPS) is 13.0. The molecule has 7 nitrogen and oxygen atoms in total. The number of carbonyl (C=O) groups is 3. The van der Waals surface area contributed by atoms with Crippen LogP contribution in [-0.2, 0) is 9.59 Å². The molecule has 3 rings (SSSR count). The quantitative estimate of drug-likeness (QED) is 0.631. The summed E-state index contributed by atoms with van der Waals surface area (Å²) in [6.45, 7) is 1.74. The number of aromatic carboxylic acids is 1. The van der Waals surface area contributed by atoms with Crippen molar-refractivity contribution in [2.24, 2.45) is 0 Å². The predicted octanol–water partition coefficient (Wildman–Crippen LogP) is 2.71. The number of amides is 1. The van der Waals surface area contributed by atoms with Crippen LogP contribution in [0.2, 0.25) is 5.02 Å². The van der Waals surface area contributed by atoms with Crippen molar-refractivity contribution in [1.29, 1.82) is 0 Å². The second-order valence-electron chi connectivity index (χ2n) is 5.85. The Hall–Kier alpha value is -3.06. The molecular formula is C18H15ClN2O5. The molecule has 0 radical (unpaired) electrons. The molecule has 1 aliphatic rings. The van der Waals surface area contributed by atoms with Crippen LogP contribution in [0, 0.1) is 6.92 Å². The lowest BCUT2D eigenvalue weighted by molar-refractivity contribution is -0.133. The number of anilines is 2. The second kappa shape index (κ2) is 7.05. The SMILES string of the molecule is Cc1ccc2c(c1)OC(=O)CN2CC(=O)Nc1ccc(Cl)c(C(=O)O)c1. The Balaban J connectivity index is 1.76. The number of fused-ring (bicyclic) bond motifs is 1. The number of nitrogens with zero attached hydrogens (tertiary/aromatic N) is 1. The van der Waals surface area contributed by atoms with Crippen molar-refractivity contribution in [2.45, 2.75) is 6.92 Å². The topological polar surface area (TPSA) is 95.9 Å². The number of carboxylic acids is 1. The van der Waals surface area contributed by atoms with E-state index in [2.05, 4.69) is 5.32 Å². The fourth-order valence-electron chi connectivity index (χ4n) is 2.64. The molecule has 0 bridgehead atoms. The summed E-state index contributed by atoms with van der Waals surface area (Å²) in [4.78, 5) is 36.8. The number of rotatable bonds is 4. The van der Waals surface area contributed by atoms with E-state index in [4.69, 9.17) is 21.4 Å². The summed E-state index contributed by atoms with van der Waals surface area (Å²) in [7, 11) is 0. The number of halogens is 1. The molecule has 0 saturated carbocycles. The van der Waals surface area contributed by atoms with Gasteiger partial charge in [-0.3, -0.25) is 4.79 Å². The third kappa shape index (κ3) is 3.78. The van der Waals surface area contributed by atoms with Crippen molar-refractivity contribution in [1.82, 2.24) is 0 Å². The molecule has 26 heavy (non-hydrogen) atoms. The molecule has 0 spiro atoms. The Morgan fingerprint density at radius 2 is 2.04 bits per heavy atom. The van der Waals surface area contributed by atoms with Gasteiger partial charge in [0.15, 0.2) is 5.75 Å². The predicted molar refractivity (Wildman–Crippen MR) is 96.1 cm³/mol. The third-order valence-electron chi connectivity index (χ3n) is 3.81. The highest BCUT2D eigenvalue weighted by molar-refractivity contribution is 6.33. The van der Waals surface area contributed by atoms with Crippen LogP contribution in [0.15, 0.2) is 36.4 Å². The van der Waals surface area contributed by atoms with Gasteiger partial charge in [-0.15, -0.1) is 0 Å². The number of aryl methyl sites for hydroxylation is 1. The smallest absolute Gasteiger partial charge is 0.337 e. The highest BCUT2D eigenvalue weighted by atomic mass is 35.5. The van der Waals surface area contributed by atoms with E-state index >= 15 is 0 Å². The van der Waals surface area contributed by atoms with Gasteiger partial charge in [0.2, 0.25) is 5.91 Å². The number of benzene rings is 2. The first-order chi connectivity index (χ1) is 12.3. The van der Waals surface area contributed by atoms with Gasteiger partial charge in [-0.1, -0.05) is 17.7 Å². The summed E-state index contributed by atoms with van der Waals surface area (Å²) in [5.41, 5.74) is 1.78. The van der Waals surface area contributed by atoms with Crippen molar-refractivity contribution in [3.63, 3.8) is 0 Å². The molecule has 2 aromatic rings. The van der Waals surface area contributed by atoms with E-state index in [9.17, 15) is 14.4 Å². The Bertz CT molecular complexity index is 912. The summed E-state index contributed by atoms with van der Waals surface area (Å²) < 4.78 is 5.21. The maximum atomic E-state index is 12.3. The third-order valence-corrected chi connectivity index (χ3v) is 4.14. The Morgan fingerprint density at radius 3 is 2.77 bits per heavy atom. The maximum Gasteiger partial charge on any atom is 0.337 e. The van der Waals surface area contributed by atoms with Gasteiger partial charge in [-0.25, -0.2) is 9.59 Å². The fraction of sp³-hybridized carbons (Fsp3) is 0.167. The molecule has 1 aliphatic heterocycles. The highest BCUT2D eigenvalue weighted by Gasteiger charge is 2.25. The standard InChI is InChI=1S/C18H15ClN2O5/c1-10-2-5-14-15(6-10)26-17(23)9-21(14)8-16(22)20-11-3-4-13(19)12(7-11)18(24)25/h2-7H,8-9H2,1H3,(H,20,22)(H,24,25). The van der Waals surface area contributed by atoms with E-state index in [1.54, 1.807) is 17.0 Å². The van der Waals surface area contributed by atoms with Gasteiger partial charge in [0.05, 0.1) is 22.8 Å². The molecule has 0 unspecified atom stereocenters. The van der Waals surface area contributed by atoms with E-state index < -0.39 is 17.8 Å². The molecule has 0 saturated heterocycles. The van der Waals surface area contributed by atoms with Crippen LogP contribution in [0.4, 0.5) is 11.4 Å². The zero-order chi connectivity index (χ0) is 18.8. The Kier molecular flexibility index (Phi) is 4.81. The minimum atomic E-state index is -1.19. The van der Waals surface area contributed by atoms with Crippen LogP contribution in [0.25, 0.3) is 0 Å². The lowest BCUT2D eigenvalue weighted by Gasteiger charge is -2.29. The fourth-order valence-corrected chi connectivity index (χ4v) is 2.84. The molecule has 0 aromatic heterocycles. The molecule has 1 amide bonds. The van der Waals surface area contributed by atoms with Gasteiger partial charge in [0, 0.05) is 5.69 Å². The number of hydrogen-bond donors (Lipinski definition) is 2. The number of nitrogens with one attached hydrogen (secondary N) is 1. The zero-order valence-electron chi connectivity index (χ0n) is 13.8. The van der Waals surface area contributed by atoms with Gasteiger partial charge in [0.25, 0.3) is 0 Å². The number of carbonyl (C=O) groups excluding carboxylic acids is 2. The molecule has 0 aliphatic carbocycles. The van der Waals surface area contributed by atoms with Crippen molar-refractivity contribution < 1.29 is 24.2 Å². The van der Waals surface area contributed by atoms with E-state index in [1.165, 1.54) is 18.2 Å². The van der Waals surface area contributed by atoms with Crippen LogP contribution < -0.4 is 15.0 Å². The number of ether oxygens (including phenoxy) is 1. The summed E-state index contributed by atoms with van der Waals surface area (Å²) >= 11 is 5.82. The average molecular weight is 375 g/mol. The molecule has 1 heterocycles. The monoisotopic (exact) mass is 374 g/mol. The van der Waals surface area contributed by atoms with Crippen LogP contribution >= 0.6 is 11.6 Å². The maximum absolute atomic E-state index is 12.3. The van der Waals surface area contributed by atoms with Crippen molar-refractivity contribution >= 4 is 40.8 Å². The highest BCUT2D eigenvalue weighted by Crippen LogP contribution is 2.32. The number of carboxylic acid groups (broad SMARTS) is 1. The lowest BCUT2D eigenvalue weighted by Crippen LogP contribution is -2.41. The molecule has 8 heteroatoms. The first-order valence-corrected chi connectivity index (χ1v) is 8.10. The largest absolute Gasteiger partial charge is 0.478 e. The van der Waals surface area contributed by atoms with Crippen LogP contribution in [-0.4, -0.2) is 36.0 Å². The molecule has 0 fully saturated rings. The van der Waals surface area contributed by atoms with E-state index in [0.717, 1.165) is 5.56 Å². The molecule has 0 atom stereocenters. The van der Waals surface area contributed by atoms with Gasteiger partial charge in [-0.05, 0) is 42.8 Å². The summed E-state index contributed by atoms with van der Waals surface area (Å²) in [6.07, 6.45) is 0. The summed E-state index contributed by atoms with van der Waals surface area (Å²) in [6, 6.07) is 9.57. The van der Waals surface area contributed by atoms with Gasteiger partial charge in [0.1, 0.15) is 6.54 Å². The van der Waals surface area contributed by atoms with Crippen molar-refractivity contribution in [3.8, 4) is 5.75 Å². The zero-order valence-corrected chi connectivity index (χ0v) is 14.5. The van der Waals surface area contributed by atoms with Gasteiger partial charge < -0.3 is 20.1 Å². The first kappa shape index (κ1) is 17.8.